The summed E-state index contributed by atoms with van der Waals surface area (Å²) in [4.78, 5) is 0. The SMILES string of the molecule is CCCCCC1CCC(C(F)(F)Cc2cc(F)c(OC)c(F)c2)CC1. The number of ether oxygens (including phenoxy) is 1. The summed E-state index contributed by atoms with van der Waals surface area (Å²) in [7, 11) is 1.15. The number of hydrogen-bond acceptors (Lipinski definition) is 1. The minimum atomic E-state index is -2.94. The lowest BCUT2D eigenvalue weighted by Gasteiger charge is -2.34. The summed E-state index contributed by atoms with van der Waals surface area (Å²) < 4.78 is 61.2. The van der Waals surface area contributed by atoms with Crippen molar-refractivity contribution in [3.05, 3.63) is 29.3 Å². The van der Waals surface area contributed by atoms with Gasteiger partial charge in [-0.3, -0.25) is 0 Å². The van der Waals surface area contributed by atoms with E-state index in [9.17, 15) is 17.6 Å². The Hall–Kier alpha value is -1.26. The molecule has 1 aromatic rings. The van der Waals surface area contributed by atoms with Gasteiger partial charge in [-0.1, -0.05) is 32.6 Å². The summed E-state index contributed by atoms with van der Waals surface area (Å²) in [5, 5.41) is 0. The second-order valence-electron chi connectivity index (χ2n) is 7.24. The molecule has 0 radical (unpaired) electrons. The topological polar surface area (TPSA) is 9.23 Å². The highest BCUT2D eigenvalue weighted by Gasteiger charge is 2.41. The van der Waals surface area contributed by atoms with Crippen molar-refractivity contribution < 1.29 is 22.3 Å². The Kier molecular flexibility index (Phi) is 7.14. The second kappa shape index (κ2) is 8.91. The fourth-order valence-electron chi connectivity index (χ4n) is 3.88. The number of rotatable bonds is 8. The zero-order valence-electron chi connectivity index (χ0n) is 15.1. The van der Waals surface area contributed by atoms with Crippen molar-refractivity contribution in [3.63, 3.8) is 0 Å². The Bertz CT molecular complexity index is 528. The zero-order chi connectivity index (χ0) is 18.4. The van der Waals surface area contributed by atoms with E-state index in [2.05, 4.69) is 11.7 Å². The van der Waals surface area contributed by atoms with Crippen LogP contribution in [0.4, 0.5) is 17.6 Å². The van der Waals surface area contributed by atoms with Crippen molar-refractivity contribution in [1.82, 2.24) is 0 Å². The maximum atomic E-state index is 14.6. The Morgan fingerprint density at radius 2 is 1.64 bits per heavy atom. The molecule has 142 valence electrons. The van der Waals surface area contributed by atoms with Gasteiger partial charge in [-0.05, 0) is 49.3 Å². The van der Waals surface area contributed by atoms with Gasteiger partial charge in [0.2, 0.25) is 0 Å². The van der Waals surface area contributed by atoms with E-state index in [1.807, 2.05) is 0 Å². The quantitative estimate of drug-likeness (QED) is 0.378. The van der Waals surface area contributed by atoms with Crippen LogP contribution in [0.25, 0.3) is 0 Å². The summed E-state index contributed by atoms with van der Waals surface area (Å²) in [6, 6.07) is 1.90. The van der Waals surface area contributed by atoms with Crippen LogP contribution in [0.15, 0.2) is 12.1 Å². The van der Waals surface area contributed by atoms with Gasteiger partial charge in [-0.15, -0.1) is 0 Å². The lowest BCUT2D eigenvalue weighted by molar-refractivity contribution is -0.0747. The average molecular weight is 360 g/mol. The highest BCUT2D eigenvalue weighted by molar-refractivity contribution is 5.32. The smallest absolute Gasteiger partial charge is 0.254 e. The van der Waals surface area contributed by atoms with Crippen molar-refractivity contribution >= 4 is 0 Å². The summed E-state index contributed by atoms with van der Waals surface area (Å²) >= 11 is 0. The van der Waals surface area contributed by atoms with Gasteiger partial charge in [-0.25, -0.2) is 17.6 Å². The van der Waals surface area contributed by atoms with Crippen molar-refractivity contribution in [3.8, 4) is 5.75 Å². The van der Waals surface area contributed by atoms with E-state index in [0.717, 1.165) is 38.5 Å². The highest BCUT2D eigenvalue weighted by Crippen LogP contribution is 2.42. The van der Waals surface area contributed by atoms with Gasteiger partial charge < -0.3 is 4.74 Å². The van der Waals surface area contributed by atoms with E-state index >= 15 is 0 Å². The minimum Gasteiger partial charge on any atom is -0.491 e. The first-order valence-electron chi connectivity index (χ1n) is 9.27. The van der Waals surface area contributed by atoms with Gasteiger partial charge in [-0.2, -0.15) is 0 Å². The fraction of sp³-hybridized carbons (Fsp3) is 0.700. The van der Waals surface area contributed by atoms with Crippen molar-refractivity contribution in [2.45, 2.75) is 70.6 Å². The van der Waals surface area contributed by atoms with E-state index in [0.29, 0.717) is 18.8 Å². The Morgan fingerprint density at radius 1 is 1.04 bits per heavy atom. The molecule has 1 aliphatic rings. The third-order valence-corrected chi connectivity index (χ3v) is 5.36. The monoisotopic (exact) mass is 360 g/mol. The van der Waals surface area contributed by atoms with Crippen LogP contribution in [0, 0.1) is 23.5 Å². The average Bonchev–Trinajstić information content (AvgIpc) is 2.55. The maximum Gasteiger partial charge on any atom is 0.254 e. The minimum absolute atomic E-state index is 0.0223. The van der Waals surface area contributed by atoms with Crippen LogP contribution in [0.3, 0.4) is 0 Å². The van der Waals surface area contributed by atoms with Crippen LogP contribution in [0.1, 0.15) is 63.9 Å². The largest absolute Gasteiger partial charge is 0.491 e. The van der Waals surface area contributed by atoms with Crippen LogP contribution in [0.2, 0.25) is 0 Å². The van der Waals surface area contributed by atoms with Crippen LogP contribution in [-0.2, 0) is 6.42 Å². The Labute approximate surface area is 147 Å². The molecule has 0 N–H and O–H groups in total. The van der Waals surface area contributed by atoms with E-state index in [-0.39, 0.29) is 5.56 Å². The standard InChI is InChI=1S/C20H28F4O/c1-3-4-5-6-14-7-9-16(10-8-14)20(23,24)13-15-11-17(21)19(25-2)18(22)12-15/h11-12,14,16H,3-10,13H2,1-2H3. The number of methoxy groups -OCH3 is 1. The molecule has 0 aromatic heterocycles. The number of alkyl halides is 2. The summed E-state index contributed by atoms with van der Waals surface area (Å²) in [6.45, 7) is 2.16. The molecule has 0 atom stereocenters. The van der Waals surface area contributed by atoms with Crippen LogP contribution in [-0.4, -0.2) is 13.0 Å². The molecule has 0 amide bonds. The molecule has 0 aliphatic heterocycles. The molecule has 5 heteroatoms. The van der Waals surface area contributed by atoms with Gasteiger partial charge in [0, 0.05) is 12.3 Å². The van der Waals surface area contributed by atoms with Crippen LogP contribution >= 0.6 is 0 Å². The first-order chi connectivity index (χ1) is 11.9. The van der Waals surface area contributed by atoms with Crippen LogP contribution < -0.4 is 4.74 Å². The number of unbranched alkanes of at least 4 members (excludes halogenated alkanes) is 2. The van der Waals surface area contributed by atoms with Crippen molar-refractivity contribution in [1.29, 1.82) is 0 Å². The Morgan fingerprint density at radius 3 is 2.16 bits per heavy atom. The molecule has 25 heavy (non-hydrogen) atoms. The molecule has 0 heterocycles. The molecule has 1 aliphatic carbocycles. The molecule has 0 spiro atoms. The maximum absolute atomic E-state index is 14.6. The van der Waals surface area contributed by atoms with Gasteiger partial charge in [0.25, 0.3) is 5.92 Å². The predicted octanol–water partition coefficient (Wildman–Crippen LogP) is 6.54. The first kappa shape index (κ1) is 20.1. The number of hydrogen-bond donors (Lipinski definition) is 0. The van der Waals surface area contributed by atoms with E-state index in [1.165, 1.54) is 19.3 Å². The summed E-state index contributed by atoms with van der Waals surface area (Å²) in [5.74, 6) is -5.50. The third kappa shape index (κ3) is 5.35. The molecule has 1 aromatic carbocycles. The molecule has 1 saturated carbocycles. The Balaban J connectivity index is 1.94. The second-order valence-corrected chi connectivity index (χ2v) is 7.24. The lowest BCUT2D eigenvalue weighted by Crippen LogP contribution is -2.34. The third-order valence-electron chi connectivity index (χ3n) is 5.36. The molecule has 1 fully saturated rings. The molecule has 0 bridgehead atoms. The summed E-state index contributed by atoms with van der Waals surface area (Å²) in [6.07, 6.45) is 6.68. The van der Waals surface area contributed by atoms with Crippen molar-refractivity contribution in [2.75, 3.05) is 7.11 Å². The normalized spacial score (nSPS) is 21.4. The predicted molar refractivity (Wildman–Crippen MR) is 91.2 cm³/mol. The fourth-order valence-corrected chi connectivity index (χ4v) is 3.88. The molecule has 0 saturated heterocycles. The molecule has 2 rings (SSSR count). The highest BCUT2D eigenvalue weighted by atomic mass is 19.3. The molecule has 0 unspecified atom stereocenters. The number of benzene rings is 1. The molecule has 1 nitrogen and oxygen atoms in total. The van der Waals surface area contributed by atoms with E-state index < -0.39 is 35.6 Å². The summed E-state index contributed by atoms with van der Waals surface area (Å²) in [5.41, 5.74) is -0.0223. The molecular weight excluding hydrogens is 332 g/mol. The zero-order valence-corrected chi connectivity index (χ0v) is 15.1. The van der Waals surface area contributed by atoms with Gasteiger partial charge in [0.15, 0.2) is 17.4 Å². The molecular formula is C20H28F4O. The van der Waals surface area contributed by atoms with Crippen LogP contribution in [0.5, 0.6) is 5.75 Å². The van der Waals surface area contributed by atoms with E-state index in [1.54, 1.807) is 0 Å². The van der Waals surface area contributed by atoms with Crippen molar-refractivity contribution in [2.24, 2.45) is 11.8 Å². The lowest BCUT2D eigenvalue weighted by atomic mass is 9.76. The number of halogens is 4. The first-order valence-corrected chi connectivity index (χ1v) is 9.27. The van der Waals surface area contributed by atoms with E-state index in [4.69, 9.17) is 0 Å². The van der Waals surface area contributed by atoms with Gasteiger partial charge in [0.05, 0.1) is 7.11 Å². The van der Waals surface area contributed by atoms with Gasteiger partial charge >= 0.3 is 0 Å². The van der Waals surface area contributed by atoms with Gasteiger partial charge in [0.1, 0.15) is 0 Å².